The predicted molar refractivity (Wildman–Crippen MR) is 59.8 cm³/mol. The van der Waals surface area contributed by atoms with Crippen molar-refractivity contribution in [3.05, 3.63) is 28.6 Å². The number of ether oxygens (including phenoxy) is 1. The van der Waals surface area contributed by atoms with E-state index < -0.39 is 4.92 Å². The third-order valence-electron chi connectivity index (χ3n) is 1.95. The lowest BCUT2D eigenvalue weighted by atomic mass is 10.4. The summed E-state index contributed by atoms with van der Waals surface area (Å²) < 4.78 is 6.54. The average molecular weight is 251 g/mol. The molecule has 0 saturated carbocycles. The molecule has 0 bridgehead atoms. The second kappa shape index (κ2) is 4.63. The Morgan fingerprint density at radius 2 is 2.33 bits per heavy atom. The maximum Gasteiger partial charge on any atom is 0.342 e. The molecule has 2 aromatic heterocycles. The highest BCUT2D eigenvalue weighted by Gasteiger charge is 2.19. The molecule has 94 valence electrons. The fourth-order valence-electron chi connectivity index (χ4n) is 1.18. The third-order valence-corrected chi connectivity index (χ3v) is 1.95. The van der Waals surface area contributed by atoms with E-state index in [1.54, 1.807) is 7.05 Å². The van der Waals surface area contributed by atoms with Crippen LogP contribution in [0.1, 0.15) is 0 Å². The van der Waals surface area contributed by atoms with Crippen LogP contribution in [0, 0.1) is 10.1 Å². The maximum atomic E-state index is 10.8. The summed E-state index contributed by atoms with van der Waals surface area (Å²) in [6.45, 7) is 0. The Morgan fingerprint density at radius 3 is 2.89 bits per heavy atom. The van der Waals surface area contributed by atoms with E-state index in [-0.39, 0.29) is 23.4 Å². The summed E-state index contributed by atoms with van der Waals surface area (Å²) in [5, 5.41) is 14.6. The van der Waals surface area contributed by atoms with Crippen molar-refractivity contribution in [1.29, 1.82) is 0 Å². The minimum Gasteiger partial charge on any atom is -0.397 e. The minimum absolute atomic E-state index is 0.0396. The van der Waals surface area contributed by atoms with Gasteiger partial charge in [0, 0.05) is 13.1 Å². The summed E-state index contributed by atoms with van der Waals surface area (Å²) >= 11 is 0. The zero-order chi connectivity index (χ0) is 13.1. The van der Waals surface area contributed by atoms with Crippen LogP contribution in [0.25, 0.3) is 0 Å². The molecule has 0 amide bonds. The number of hydrazine groups is 1. The third kappa shape index (κ3) is 2.32. The molecule has 0 atom stereocenters. The first-order valence-electron chi connectivity index (χ1n) is 4.75. The van der Waals surface area contributed by atoms with Crippen LogP contribution < -0.4 is 16.0 Å². The molecule has 0 aliphatic rings. The highest BCUT2D eigenvalue weighted by Crippen LogP contribution is 2.28. The van der Waals surface area contributed by atoms with Crippen LogP contribution in [0.3, 0.4) is 0 Å². The molecule has 3 N–H and O–H groups in total. The highest BCUT2D eigenvalue weighted by molar-refractivity contribution is 5.49. The first-order valence-corrected chi connectivity index (χ1v) is 4.75. The highest BCUT2D eigenvalue weighted by atomic mass is 16.6. The second-order valence-electron chi connectivity index (χ2n) is 3.23. The quantitative estimate of drug-likeness (QED) is 0.447. The molecule has 0 fully saturated rings. The lowest BCUT2D eigenvalue weighted by Crippen LogP contribution is -2.09. The topological polar surface area (TPSA) is 134 Å². The average Bonchev–Trinajstić information content (AvgIpc) is 2.74. The Bertz CT molecular complexity index is 582. The van der Waals surface area contributed by atoms with Crippen molar-refractivity contribution in [2.45, 2.75) is 0 Å². The van der Waals surface area contributed by atoms with Crippen LogP contribution in [-0.4, -0.2) is 24.7 Å². The van der Waals surface area contributed by atoms with Crippen LogP contribution in [0.4, 0.5) is 11.5 Å². The van der Waals surface area contributed by atoms with E-state index in [9.17, 15) is 10.1 Å². The van der Waals surface area contributed by atoms with Gasteiger partial charge in [-0.25, -0.2) is 5.84 Å². The molecular formula is C8H9N7O3. The van der Waals surface area contributed by atoms with Crippen molar-refractivity contribution < 1.29 is 9.66 Å². The minimum atomic E-state index is -0.619. The number of hydrogen-bond acceptors (Lipinski definition) is 8. The number of nitrogens with one attached hydrogen (secondary N) is 1. The molecule has 2 heterocycles. The summed E-state index contributed by atoms with van der Waals surface area (Å²) in [6, 6.07) is 2.54. The van der Waals surface area contributed by atoms with Gasteiger partial charge in [0.1, 0.15) is 12.1 Å². The first kappa shape index (κ1) is 11.7. The zero-order valence-electron chi connectivity index (χ0n) is 9.27. The molecule has 18 heavy (non-hydrogen) atoms. The Balaban J connectivity index is 2.37. The van der Waals surface area contributed by atoms with Gasteiger partial charge in [0.05, 0.1) is 4.92 Å². The molecule has 0 radical (unpaired) electrons. The lowest BCUT2D eigenvalue weighted by molar-refractivity contribution is -0.386. The number of aryl methyl sites for hydroxylation is 1. The summed E-state index contributed by atoms with van der Waals surface area (Å²) in [7, 11) is 1.64. The molecule has 2 aromatic rings. The lowest BCUT2D eigenvalue weighted by Gasteiger charge is -2.03. The van der Waals surface area contributed by atoms with Crippen molar-refractivity contribution in [2.24, 2.45) is 12.9 Å². The van der Waals surface area contributed by atoms with Gasteiger partial charge in [0.25, 0.3) is 0 Å². The van der Waals surface area contributed by atoms with E-state index in [0.29, 0.717) is 0 Å². The number of nitrogen functional groups attached to an aromatic ring is 1. The summed E-state index contributed by atoms with van der Waals surface area (Å²) in [5.74, 6) is 5.16. The number of anilines is 1. The van der Waals surface area contributed by atoms with Gasteiger partial charge in [-0.05, 0) is 6.07 Å². The first-order chi connectivity index (χ1) is 8.60. The number of nitro groups is 1. The van der Waals surface area contributed by atoms with Gasteiger partial charge in [-0.15, -0.1) is 5.10 Å². The Hall–Kier alpha value is -2.75. The van der Waals surface area contributed by atoms with E-state index in [4.69, 9.17) is 10.6 Å². The standard InChI is InChI=1S/C8H9N7O3/c1-14-4-10-8(13-14)18-7-5(15(16)17)2-3-6(11-7)12-9/h2-4H,9H2,1H3,(H,11,12). The molecular weight excluding hydrogens is 242 g/mol. The largest absolute Gasteiger partial charge is 0.397 e. The number of nitrogens with two attached hydrogens (primary N) is 1. The molecule has 0 aromatic carbocycles. The number of hydrogen-bond donors (Lipinski definition) is 2. The van der Waals surface area contributed by atoms with Gasteiger partial charge in [-0.2, -0.15) is 9.97 Å². The Kier molecular flexibility index (Phi) is 3.02. The smallest absolute Gasteiger partial charge is 0.342 e. The van der Waals surface area contributed by atoms with Crippen LogP contribution in [0.15, 0.2) is 18.5 Å². The van der Waals surface area contributed by atoms with Crippen LogP contribution in [0.2, 0.25) is 0 Å². The molecule has 10 nitrogen and oxygen atoms in total. The SMILES string of the molecule is Cn1cnc(Oc2nc(NN)ccc2[N+](=O)[O-])n1. The van der Waals surface area contributed by atoms with Crippen molar-refractivity contribution in [3.63, 3.8) is 0 Å². The van der Waals surface area contributed by atoms with Crippen LogP contribution in [-0.2, 0) is 7.05 Å². The van der Waals surface area contributed by atoms with Gasteiger partial charge >= 0.3 is 17.6 Å². The van der Waals surface area contributed by atoms with Gasteiger partial charge in [0.2, 0.25) is 0 Å². The van der Waals surface area contributed by atoms with Crippen LogP contribution >= 0.6 is 0 Å². The van der Waals surface area contributed by atoms with E-state index in [1.807, 2.05) is 0 Å². The fraction of sp³-hybridized carbons (Fsp3) is 0.125. The fourth-order valence-corrected chi connectivity index (χ4v) is 1.18. The van der Waals surface area contributed by atoms with Gasteiger partial charge in [0.15, 0.2) is 0 Å². The monoisotopic (exact) mass is 251 g/mol. The van der Waals surface area contributed by atoms with E-state index >= 15 is 0 Å². The molecule has 2 rings (SSSR count). The number of nitrogens with zero attached hydrogens (tertiary/aromatic N) is 5. The summed E-state index contributed by atoms with van der Waals surface area (Å²) in [6.07, 6.45) is 1.40. The summed E-state index contributed by atoms with van der Waals surface area (Å²) in [5.41, 5.74) is 1.96. The molecule has 0 spiro atoms. The number of pyridine rings is 1. The van der Waals surface area contributed by atoms with Crippen molar-refractivity contribution in [2.75, 3.05) is 5.43 Å². The molecule has 0 aliphatic carbocycles. The van der Waals surface area contributed by atoms with Crippen molar-refractivity contribution >= 4 is 11.5 Å². The number of rotatable bonds is 4. The Labute approximate surface area is 101 Å². The normalized spacial score (nSPS) is 10.1. The van der Waals surface area contributed by atoms with E-state index in [0.717, 1.165) is 0 Å². The molecule has 10 heteroatoms. The predicted octanol–water partition coefficient (Wildman–Crippen LogP) is 0.196. The van der Waals surface area contributed by atoms with Crippen molar-refractivity contribution in [1.82, 2.24) is 19.7 Å². The molecule has 0 aliphatic heterocycles. The molecule has 0 saturated heterocycles. The van der Waals surface area contributed by atoms with Gasteiger partial charge < -0.3 is 10.2 Å². The Morgan fingerprint density at radius 1 is 1.56 bits per heavy atom. The second-order valence-corrected chi connectivity index (χ2v) is 3.23. The maximum absolute atomic E-state index is 10.8. The van der Waals surface area contributed by atoms with Crippen LogP contribution in [0.5, 0.6) is 11.9 Å². The van der Waals surface area contributed by atoms with E-state index in [1.165, 1.54) is 23.1 Å². The van der Waals surface area contributed by atoms with Gasteiger partial charge in [-0.3, -0.25) is 14.8 Å². The van der Waals surface area contributed by atoms with E-state index in [2.05, 4.69) is 20.5 Å². The summed E-state index contributed by atoms with van der Waals surface area (Å²) in [4.78, 5) is 17.8. The van der Waals surface area contributed by atoms with Gasteiger partial charge in [-0.1, -0.05) is 0 Å². The zero-order valence-corrected chi connectivity index (χ0v) is 9.27. The number of aromatic nitrogens is 4. The molecule has 0 unspecified atom stereocenters. The van der Waals surface area contributed by atoms with Crippen molar-refractivity contribution in [3.8, 4) is 11.9 Å².